The topological polar surface area (TPSA) is 50.7 Å². The van der Waals surface area contributed by atoms with Gasteiger partial charge in [-0.15, -0.1) is 0 Å². The lowest BCUT2D eigenvalue weighted by Gasteiger charge is -2.13. The molecule has 3 aromatic rings. The first-order valence-corrected chi connectivity index (χ1v) is 8.52. The number of hydrazone groups is 1. The molecule has 5 heteroatoms. The summed E-state index contributed by atoms with van der Waals surface area (Å²) in [5.74, 6) is -0.100. The van der Waals surface area contributed by atoms with Crippen molar-refractivity contribution in [1.82, 2.24) is 5.43 Å². The van der Waals surface area contributed by atoms with Crippen molar-refractivity contribution in [1.29, 1.82) is 0 Å². The minimum absolute atomic E-state index is 0.323. The van der Waals surface area contributed by atoms with Crippen LogP contribution in [0.25, 0.3) is 11.1 Å². The molecule has 0 aliphatic heterocycles. The number of nitrogens with one attached hydrogen (secondary N) is 1. The van der Waals surface area contributed by atoms with Gasteiger partial charge >= 0.3 is 0 Å². The van der Waals surface area contributed by atoms with Crippen LogP contribution in [0.5, 0.6) is 5.75 Å². The maximum atomic E-state index is 12.8. The quantitative estimate of drug-likeness (QED) is 0.522. The van der Waals surface area contributed by atoms with Crippen molar-refractivity contribution in [3.05, 3.63) is 90.2 Å². The standard InChI is InChI=1S/C22H19FN2O2/c1-16(22(26)25-24-15-17-7-11-20(23)12-8-17)27-21-13-9-19(10-14-21)18-5-3-2-4-6-18/h2-16H,1H3,(H,25,26)/b24-15+. The van der Waals surface area contributed by atoms with Gasteiger partial charge in [0.15, 0.2) is 6.10 Å². The summed E-state index contributed by atoms with van der Waals surface area (Å²) in [5.41, 5.74) is 5.29. The molecule has 1 N–H and O–H groups in total. The van der Waals surface area contributed by atoms with Crippen LogP contribution in [0.3, 0.4) is 0 Å². The van der Waals surface area contributed by atoms with Crippen LogP contribution >= 0.6 is 0 Å². The Bertz CT molecular complexity index is 907. The first-order chi connectivity index (χ1) is 13.1. The zero-order chi connectivity index (χ0) is 19.1. The maximum absolute atomic E-state index is 12.8. The molecule has 1 unspecified atom stereocenters. The zero-order valence-corrected chi connectivity index (χ0v) is 14.8. The molecule has 4 nitrogen and oxygen atoms in total. The monoisotopic (exact) mass is 362 g/mol. The minimum atomic E-state index is -0.710. The van der Waals surface area contributed by atoms with Gasteiger partial charge in [-0.25, -0.2) is 9.82 Å². The summed E-state index contributed by atoms with van der Waals surface area (Å²) in [6.45, 7) is 1.65. The van der Waals surface area contributed by atoms with Gasteiger partial charge in [0.25, 0.3) is 5.91 Å². The number of hydrogen-bond acceptors (Lipinski definition) is 3. The summed E-state index contributed by atoms with van der Waals surface area (Å²) in [5, 5.41) is 3.86. The summed E-state index contributed by atoms with van der Waals surface area (Å²) in [7, 11) is 0. The van der Waals surface area contributed by atoms with E-state index in [1.807, 2.05) is 54.6 Å². The number of benzene rings is 3. The fraction of sp³-hybridized carbons (Fsp3) is 0.0909. The Labute approximate surface area is 157 Å². The van der Waals surface area contributed by atoms with Crippen LogP contribution < -0.4 is 10.2 Å². The van der Waals surface area contributed by atoms with E-state index >= 15 is 0 Å². The predicted molar refractivity (Wildman–Crippen MR) is 104 cm³/mol. The van der Waals surface area contributed by atoms with Gasteiger partial charge in [0.1, 0.15) is 11.6 Å². The predicted octanol–water partition coefficient (Wildman–Crippen LogP) is 4.41. The molecule has 0 aliphatic rings. The Morgan fingerprint density at radius 2 is 1.59 bits per heavy atom. The highest BCUT2D eigenvalue weighted by Crippen LogP contribution is 2.22. The molecule has 0 radical (unpaired) electrons. The number of carbonyl (C=O) groups is 1. The number of halogens is 1. The second kappa shape index (κ2) is 8.76. The summed E-state index contributed by atoms with van der Waals surface area (Å²) in [6.07, 6.45) is 0.733. The lowest BCUT2D eigenvalue weighted by Crippen LogP contribution is -2.33. The summed E-state index contributed by atoms with van der Waals surface area (Å²) >= 11 is 0. The SMILES string of the molecule is CC(Oc1ccc(-c2ccccc2)cc1)C(=O)N/N=C/c1ccc(F)cc1. The molecule has 0 fully saturated rings. The highest BCUT2D eigenvalue weighted by Gasteiger charge is 2.13. The number of ether oxygens (including phenoxy) is 1. The third-order valence-electron chi connectivity index (χ3n) is 3.90. The molecule has 0 aromatic heterocycles. The molecule has 27 heavy (non-hydrogen) atoms. The van der Waals surface area contributed by atoms with Crippen molar-refractivity contribution in [2.45, 2.75) is 13.0 Å². The van der Waals surface area contributed by atoms with Crippen LogP contribution in [0.15, 0.2) is 84.0 Å². The third-order valence-corrected chi connectivity index (χ3v) is 3.90. The average molecular weight is 362 g/mol. The lowest BCUT2D eigenvalue weighted by molar-refractivity contribution is -0.127. The van der Waals surface area contributed by atoms with Gasteiger partial charge in [0.05, 0.1) is 6.21 Å². The molecule has 0 saturated heterocycles. The van der Waals surface area contributed by atoms with E-state index in [0.29, 0.717) is 11.3 Å². The summed E-state index contributed by atoms with van der Waals surface area (Å²) in [6, 6.07) is 23.3. The Kier molecular flexibility index (Phi) is 5.94. The molecule has 136 valence electrons. The van der Waals surface area contributed by atoms with Crippen molar-refractivity contribution in [3.63, 3.8) is 0 Å². The van der Waals surface area contributed by atoms with Gasteiger partial charge < -0.3 is 4.74 Å². The van der Waals surface area contributed by atoms with E-state index in [9.17, 15) is 9.18 Å². The van der Waals surface area contributed by atoms with Crippen LogP contribution in [0, 0.1) is 5.82 Å². The smallest absolute Gasteiger partial charge is 0.280 e. The molecule has 0 saturated carbocycles. The Morgan fingerprint density at radius 1 is 0.963 bits per heavy atom. The molecule has 0 bridgehead atoms. The van der Waals surface area contributed by atoms with Crippen LogP contribution in [-0.4, -0.2) is 18.2 Å². The van der Waals surface area contributed by atoms with Crippen molar-refractivity contribution >= 4 is 12.1 Å². The zero-order valence-electron chi connectivity index (χ0n) is 14.8. The molecule has 1 atom stereocenters. The van der Waals surface area contributed by atoms with Crippen molar-refractivity contribution in [2.75, 3.05) is 0 Å². The Hall–Kier alpha value is -3.47. The van der Waals surface area contributed by atoms with Gasteiger partial charge in [-0.1, -0.05) is 54.6 Å². The van der Waals surface area contributed by atoms with E-state index in [1.54, 1.807) is 19.1 Å². The first-order valence-electron chi connectivity index (χ1n) is 8.52. The summed E-state index contributed by atoms with van der Waals surface area (Å²) in [4.78, 5) is 12.1. The highest BCUT2D eigenvalue weighted by atomic mass is 19.1. The third kappa shape index (κ3) is 5.25. The Balaban J connectivity index is 1.54. The van der Waals surface area contributed by atoms with Gasteiger partial charge in [-0.3, -0.25) is 4.79 Å². The second-order valence-electron chi connectivity index (χ2n) is 5.94. The van der Waals surface area contributed by atoms with E-state index in [2.05, 4.69) is 10.5 Å². The number of rotatable bonds is 6. The van der Waals surface area contributed by atoms with Gasteiger partial charge in [-0.05, 0) is 47.9 Å². The number of nitrogens with zero attached hydrogens (tertiary/aromatic N) is 1. The van der Waals surface area contributed by atoms with Gasteiger partial charge in [0.2, 0.25) is 0 Å². The molecule has 0 heterocycles. The number of amides is 1. The van der Waals surface area contributed by atoms with Crippen molar-refractivity contribution < 1.29 is 13.9 Å². The van der Waals surface area contributed by atoms with E-state index in [1.165, 1.54) is 18.3 Å². The van der Waals surface area contributed by atoms with Crippen LogP contribution in [0.1, 0.15) is 12.5 Å². The van der Waals surface area contributed by atoms with E-state index in [4.69, 9.17) is 4.74 Å². The molecular formula is C22H19FN2O2. The molecule has 3 rings (SSSR count). The average Bonchev–Trinajstić information content (AvgIpc) is 2.70. The van der Waals surface area contributed by atoms with E-state index in [0.717, 1.165) is 11.1 Å². The van der Waals surface area contributed by atoms with Crippen LogP contribution in [0.4, 0.5) is 4.39 Å². The van der Waals surface area contributed by atoms with Crippen molar-refractivity contribution in [2.24, 2.45) is 5.10 Å². The number of carbonyl (C=O) groups excluding carboxylic acids is 1. The molecular weight excluding hydrogens is 343 g/mol. The van der Waals surface area contributed by atoms with Crippen LogP contribution in [0.2, 0.25) is 0 Å². The maximum Gasteiger partial charge on any atom is 0.280 e. The first kappa shape index (κ1) is 18.3. The van der Waals surface area contributed by atoms with Crippen molar-refractivity contribution in [3.8, 4) is 16.9 Å². The Morgan fingerprint density at radius 3 is 2.26 bits per heavy atom. The second-order valence-corrected chi connectivity index (χ2v) is 5.94. The van der Waals surface area contributed by atoms with Gasteiger partial charge in [0, 0.05) is 0 Å². The molecule has 0 aliphatic carbocycles. The van der Waals surface area contributed by atoms with E-state index < -0.39 is 6.10 Å². The largest absolute Gasteiger partial charge is 0.481 e. The minimum Gasteiger partial charge on any atom is -0.481 e. The summed E-state index contributed by atoms with van der Waals surface area (Å²) < 4.78 is 18.5. The lowest BCUT2D eigenvalue weighted by atomic mass is 10.1. The molecule has 0 spiro atoms. The fourth-order valence-corrected chi connectivity index (χ4v) is 2.42. The fourth-order valence-electron chi connectivity index (χ4n) is 2.42. The molecule has 1 amide bonds. The normalized spacial score (nSPS) is 11.9. The number of hydrogen-bond donors (Lipinski definition) is 1. The highest BCUT2D eigenvalue weighted by molar-refractivity contribution is 5.84. The van der Waals surface area contributed by atoms with E-state index in [-0.39, 0.29) is 11.7 Å². The molecule has 3 aromatic carbocycles. The van der Waals surface area contributed by atoms with Crippen LogP contribution in [-0.2, 0) is 4.79 Å². The van der Waals surface area contributed by atoms with Gasteiger partial charge in [-0.2, -0.15) is 5.10 Å².